The van der Waals surface area contributed by atoms with Crippen LogP contribution in [-0.4, -0.2) is 64.8 Å². The number of fused-ring (bicyclic) bond motifs is 2. The normalized spacial score (nSPS) is 23.4. The van der Waals surface area contributed by atoms with Crippen molar-refractivity contribution in [2.24, 2.45) is 10.7 Å². The summed E-state index contributed by atoms with van der Waals surface area (Å²) in [5.74, 6) is -2.02. The van der Waals surface area contributed by atoms with Crippen molar-refractivity contribution in [3.8, 4) is 0 Å². The van der Waals surface area contributed by atoms with Gasteiger partial charge in [0, 0.05) is 42.5 Å². The number of aliphatic imine (C=N–C) groups is 1. The maximum atomic E-state index is 12.9. The van der Waals surface area contributed by atoms with Crippen LogP contribution in [0.25, 0.3) is 5.70 Å². The van der Waals surface area contributed by atoms with Crippen LogP contribution in [0, 0.1) is 0 Å². The van der Waals surface area contributed by atoms with Crippen LogP contribution in [0.4, 0.5) is 19.0 Å². The zero-order chi connectivity index (χ0) is 20.6. The fourth-order valence-corrected chi connectivity index (χ4v) is 3.79. The molecular weight excluding hydrogens is 377 g/mol. The van der Waals surface area contributed by atoms with Gasteiger partial charge >= 0.3 is 12.1 Å². The molecule has 3 heterocycles. The van der Waals surface area contributed by atoms with Gasteiger partial charge in [0.05, 0.1) is 5.70 Å². The summed E-state index contributed by atoms with van der Waals surface area (Å²) in [5, 5.41) is 1.71. The van der Waals surface area contributed by atoms with Gasteiger partial charge in [0.2, 0.25) is 5.91 Å². The second-order valence-corrected chi connectivity index (χ2v) is 6.87. The van der Waals surface area contributed by atoms with E-state index in [4.69, 9.17) is 5.73 Å². The minimum absolute atomic E-state index is 0.190. The molecule has 1 aromatic rings. The molecule has 2 unspecified atom stereocenters. The van der Waals surface area contributed by atoms with Gasteiger partial charge in [-0.05, 0) is 32.5 Å². The van der Waals surface area contributed by atoms with Crippen molar-refractivity contribution in [1.82, 2.24) is 20.3 Å². The van der Waals surface area contributed by atoms with Gasteiger partial charge in [0.15, 0.2) is 0 Å². The summed E-state index contributed by atoms with van der Waals surface area (Å²) in [6, 6.07) is 0.578. The van der Waals surface area contributed by atoms with Crippen molar-refractivity contribution in [2.75, 3.05) is 13.1 Å². The number of hydrazine groups is 1. The number of primary amides is 1. The van der Waals surface area contributed by atoms with Crippen LogP contribution in [0.1, 0.15) is 25.3 Å². The van der Waals surface area contributed by atoms with Crippen molar-refractivity contribution >= 4 is 30.0 Å². The van der Waals surface area contributed by atoms with Gasteiger partial charge in [0.25, 0.3) is 0 Å². The third-order valence-corrected chi connectivity index (χ3v) is 5.13. The number of aromatic amines is 1. The van der Waals surface area contributed by atoms with Crippen LogP contribution in [0.15, 0.2) is 22.8 Å². The van der Waals surface area contributed by atoms with Crippen molar-refractivity contribution in [2.45, 2.75) is 38.0 Å². The molecule has 0 aromatic carbocycles. The second kappa shape index (κ2) is 7.30. The average Bonchev–Trinajstić information content (AvgIpc) is 3.19. The Morgan fingerprint density at radius 3 is 2.43 bits per heavy atom. The summed E-state index contributed by atoms with van der Waals surface area (Å²) in [6.07, 6.45) is -2.29. The lowest BCUT2D eigenvalue weighted by molar-refractivity contribution is -0.191. The number of halogens is 3. The number of hydrogen-bond donors (Lipinski definition) is 3. The number of hydrogen-bond acceptors (Lipinski definition) is 5. The lowest BCUT2D eigenvalue weighted by Crippen LogP contribution is -2.61. The number of piperazine rings is 1. The van der Waals surface area contributed by atoms with Crippen LogP contribution in [-0.2, 0) is 9.59 Å². The van der Waals surface area contributed by atoms with Gasteiger partial charge in [-0.1, -0.05) is 0 Å². The van der Waals surface area contributed by atoms with E-state index in [2.05, 4.69) is 22.1 Å². The quantitative estimate of drug-likeness (QED) is 0.513. The fourth-order valence-electron chi connectivity index (χ4n) is 3.79. The van der Waals surface area contributed by atoms with E-state index in [-0.39, 0.29) is 18.7 Å². The van der Waals surface area contributed by atoms with E-state index in [1.807, 2.05) is 0 Å². The maximum Gasteiger partial charge on any atom is 0.471 e. The minimum atomic E-state index is -4.89. The van der Waals surface area contributed by atoms with Crippen LogP contribution in [0.3, 0.4) is 0 Å². The SMILES string of the molecule is C=Nc1[nH]ccc1/C(NN1CC2CCC(C1)N2C(=O)C(F)(F)F)=C(\C)C(N)=O. The molecule has 152 valence electrons. The predicted octanol–water partition coefficient (Wildman–Crippen LogP) is 1.31. The Bertz CT molecular complexity index is 817. The monoisotopic (exact) mass is 398 g/mol. The highest BCUT2D eigenvalue weighted by atomic mass is 19.4. The number of nitrogens with one attached hydrogen (secondary N) is 2. The van der Waals surface area contributed by atoms with Crippen LogP contribution in [0.2, 0.25) is 0 Å². The smallest absolute Gasteiger partial charge is 0.366 e. The van der Waals surface area contributed by atoms with E-state index in [1.165, 1.54) is 0 Å². The number of carbonyl (C=O) groups excluding carboxylic acids is 2. The molecule has 8 nitrogen and oxygen atoms in total. The van der Waals surface area contributed by atoms with Gasteiger partial charge in [-0.2, -0.15) is 13.2 Å². The van der Waals surface area contributed by atoms with Gasteiger partial charge in [-0.15, -0.1) is 0 Å². The number of amides is 2. The summed E-state index contributed by atoms with van der Waals surface area (Å²) in [7, 11) is 0. The Labute approximate surface area is 159 Å². The van der Waals surface area contributed by atoms with Gasteiger partial charge < -0.3 is 21.0 Å². The third kappa shape index (κ3) is 3.61. The molecule has 0 spiro atoms. The standard InChI is InChI=1S/C17H21F3N6O2/c1-9(14(21)27)13(12-5-6-23-15(12)22-2)24-25-7-10-3-4-11(8-25)26(10)16(28)17(18,19)20/h5-6,10-11,23-24H,2-4,7-8H2,1H3,(H2,21,27)/b13-9-. The first kappa shape index (κ1) is 19.9. The van der Waals surface area contributed by atoms with Crippen molar-refractivity contribution in [3.05, 3.63) is 23.4 Å². The molecule has 2 amide bonds. The van der Waals surface area contributed by atoms with E-state index >= 15 is 0 Å². The molecule has 4 N–H and O–H groups in total. The Kier molecular flexibility index (Phi) is 5.20. The molecular formula is C17H21F3N6O2. The van der Waals surface area contributed by atoms with E-state index in [0.717, 1.165) is 4.90 Å². The van der Waals surface area contributed by atoms with Crippen LogP contribution >= 0.6 is 0 Å². The third-order valence-electron chi connectivity index (χ3n) is 5.13. The van der Waals surface area contributed by atoms with Crippen LogP contribution < -0.4 is 11.2 Å². The van der Waals surface area contributed by atoms with Crippen molar-refractivity contribution in [3.63, 3.8) is 0 Å². The van der Waals surface area contributed by atoms with Crippen molar-refractivity contribution < 1.29 is 22.8 Å². The number of carbonyl (C=O) groups is 2. The largest absolute Gasteiger partial charge is 0.471 e. The molecule has 3 rings (SSSR count). The van der Waals surface area contributed by atoms with E-state index in [1.54, 1.807) is 24.2 Å². The minimum Gasteiger partial charge on any atom is -0.366 e. The van der Waals surface area contributed by atoms with Gasteiger partial charge in [-0.25, -0.2) is 10.0 Å². The fraction of sp³-hybridized carbons (Fsp3) is 0.471. The first-order valence-electron chi connectivity index (χ1n) is 8.69. The Hall–Kier alpha value is -2.82. The van der Waals surface area contributed by atoms with E-state index < -0.39 is 30.1 Å². The summed E-state index contributed by atoms with van der Waals surface area (Å²) >= 11 is 0. The number of H-pyrrole nitrogens is 1. The van der Waals surface area contributed by atoms with Gasteiger partial charge in [-0.3, -0.25) is 9.59 Å². The molecule has 1 aromatic heterocycles. The summed E-state index contributed by atoms with van der Waals surface area (Å²) < 4.78 is 38.6. The lowest BCUT2D eigenvalue weighted by atomic mass is 10.1. The second-order valence-electron chi connectivity index (χ2n) is 6.87. The molecule has 28 heavy (non-hydrogen) atoms. The number of nitrogens with two attached hydrogens (primary N) is 1. The molecule has 2 fully saturated rings. The number of alkyl halides is 3. The predicted molar refractivity (Wildman–Crippen MR) is 96.2 cm³/mol. The molecule has 0 radical (unpaired) electrons. The average molecular weight is 398 g/mol. The number of rotatable bonds is 5. The first-order valence-corrected chi connectivity index (χ1v) is 8.69. The highest BCUT2D eigenvalue weighted by Crippen LogP contribution is 2.34. The lowest BCUT2D eigenvalue weighted by Gasteiger charge is -2.41. The first-order chi connectivity index (χ1) is 13.1. The van der Waals surface area contributed by atoms with E-state index in [9.17, 15) is 22.8 Å². The number of aromatic nitrogens is 1. The molecule has 2 atom stereocenters. The summed E-state index contributed by atoms with van der Waals surface area (Å²) in [6.45, 7) is 5.40. The van der Waals surface area contributed by atoms with Gasteiger partial charge in [0.1, 0.15) is 5.82 Å². The number of nitrogens with zero attached hydrogens (tertiary/aromatic N) is 3. The van der Waals surface area contributed by atoms with Crippen molar-refractivity contribution in [1.29, 1.82) is 0 Å². The molecule has 2 aliphatic rings. The Morgan fingerprint density at radius 2 is 1.93 bits per heavy atom. The topological polar surface area (TPSA) is 107 Å². The zero-order valence-electron chi connectivity index (χ0n) is 15.2. The van der Waals surface area contributed by atoms with E-state index in [0.29, 0.717) is 29.9 Å². The highest BCUT2D eigenvalue weighted by molar-refractivity contribution is 6.00. The molecule has 0 aliphatic carbocycles. The Balaban J connectivity index is 1.83. The molecule has 2 aliphatic heterocycles. The molecule has 0 saturated carbocycles. The summed E-state index contributed by atoms with van der Waals surface area (Å²) in [4.78, 5) is 31.2. The molecule has 2 saturated heterocycles. The highest BCUT2D eigenvalue weighted by Gasteiger charge is 2.51. The van der Waals surface area contributed by atoms with Crippen LogP contribution in [0.5, 0.6) is 0 Å². The Morgan fingerprint density at radius 1 is 1.32 bits per heavy atom. The summed E-state index contributed by atoms with van der Waals surface area (Å²) in [5.41, 5.74) is 9.72. The molecule has 11 heteroatoms. The maximum absolute atomic E-state index is 12.9. The zero-order valence-corrected chi connectivity index (χ0v) is 15.2. The molecule has 2 bridgehead atoms.